The highest BCUT2D eigenvalue weighted by molar-refractivity contribution is 9.10. The molecule has 1 heterocycles. The van der Waals surface area contributed by atoms with Crippen molar-refractivity contribution in [1.82, 2.24) is 4.57 Å². The minimum absolute atomic E-state index is 0.00856. The highest BCUT2D eigenvalue weighted by Gasteiger charge is 2.31. The highest BCUT2D eigenvalue weighted by atomic mass is 79.9. The summed E-state index contributed by atoms with van der Waals surface area (Å²) in [5.74, 6) is 0.502. The van der Waals surface area contributed by atoms with Crippen molar-refractivity contribution in [1.29, 1.82) is 0 Å². The molecule has 0 aliphatic carbocycles. The van der Waals surface area contributed by atoms with E-state index in [1.165, 1.54) is 7.11 Å². The van der Waals surface area contributed by atoms with Crippen LogP contribution < -0.4 is 10.3 Å². The van der Waals surface area contributed by atoms with Crippen LogP contribution >= 0.6 is 15.9 Å². The van der Waals surface area contributed by atoms with E-state index in [9.17, 15) is 18.0 Å². The van der Waals surface area contributed by atoms with Gasteiger partial charge in [0.1, 0.15) is 5.75 Å². The molecule has 1 aromatic heterocycles. The SMILES string of the molecule is COc1ccc(Br)cc1Cn1cc(C(F)(F)F)ccc1=O. The Hall–Kier alpha value is -1.76. The Morgan fingerprint density at radius 2 is 1.95 bits per heavy atom. The lowest BCUT2D eigenvalue weighted by Crippen LogP contribution is -2.22. The summed E-state index contributed by atoms with van der Waals surface area (Å²) >= 11 is 3.28. The van der Waals surface area contributed by atoms with Gasteiger partial charge in [0.05, 0.1) is 19.2 Å². The number of methoxy groups -OCH3 is 1. The fourth-order valence-electron chi connectivity index (χ4n) is 1.88. The Balaban J connectivity index is 2.44. The molecule has 0 amide bonds. The third-order valence-corrected chi connectivity index (χ3v) is 3.39. The normalized spacial score (nSPS) is 11.5. The molecule has 2 aromatic rings. The van der Waals surface area contributed by atoms with E-state index >= 15 is 0 Å². The zero-order valence-corrected chi connectivity index (χ0v) is 12.5. The molecule has 0 aliphatic rings. The van der Waals surface area contributed by atoms with Gasteiger partial charge in [0, 0.05) is 22.3 Å². The van der Waals surface area contributed by atoms with Crippen LogP contribution in [-0.4, -0.2) is 11.7 Å². The largest absolute Gasteiger partial charge is 0.496 e. The van der Waals surface area contributed by atoms with Crippen molar-refractivity contribution in [3.05, 3.63) is 62.5 Å². The fourth-order valence-corrected chi connectivity index (χ4v) is 2.29. The zero-order valence-electron chi connectivity index (χ0n) is 10.9. The standard InChI is InChI=1S/C14H11BrF3NO2/c1-21-12-4-3-11(15)6-9(12)7-19-8-10(14(16,17)18)2-5-13(19)20/h2-6,8H,7H2,1H3. The first-order valence-corrected chi connectivity index (χ1v) is 6.70. The first-order valence-electron chi connectivity index (χ1n) is 5.91. The van der Waals surface area contributed by atoms with Crippen LogP contribution in [0.15, 0.2) is 45.8 Å². The molecule has 0 aliphatic heterocycles. The van der Waals surface area contributed by atoms with E-state index in [0.29, 0.717) is 11.3 Å². The number of halogens is 4. The third kappa shape index (κ3) is 3.66. The van der Waals surface area contributed by atoms with Crippen molar-refractivity contribution in [3.63, 3.8) is 0 Å². The second-order valence-electron chi connectivity index (χ2n) is 4.34. The molecule has 7 heteroatoms. The van der Waals surface area contributed by atoms with E-state index in [2.05, 4.69) is 15.9 Å². The van der Waals surface area contributed by atoms with Gasteiger partial charge in [-0.2, -0.15) is 13.2 Å². The summed E-state index contributed by atoms with van der Waals surface area (Å²) in [5.41, 5.74) is -0.769. The summed E-state index contributed by atoms with van der Waals surface area (Å²) in [4.78, 5) is 11.7. The lowest BCUT2D eigenvalue weighted by molar-refractivity contribution is -0.138. The predicted octanol–water partition coefficient (Wildman–Crippen LogP) is 3.69. The van der Waals surface area contributed by atoms with Crippen LogP contribution in [0.5, 0.6) is 5.75 Å². The summed E-state index contributed by atoms with van der Waals surface area (Å²) in [6.45, 7) is -0.00856. The lowest BCUT2D eigenvalue weighted by atomic mass is 10.2. The number of alkyl halides is 3. The first kappa shape index (κ1) is 15.6. The molecule has 1 aromatic carbocycles. The van der Waals surface area contributed by atoms with Gasteiger partial charge >= 0.3 is 6.18 Å². The van der Waals surface area contributed by atoms with Crippen molar-refractivity contribution in [2.24, 2.45) is 0 Å². The minimum atomic E-state index is -4.49. The van der Waals surface area contributed by atoms with Crippen LogP contribution in [0, 0.1) is 0 Å². The number of rotatable bonds is 3. The van der Waals surface area contributed by atoms with E-state index in [-0.39, 0.29) is 6.54 Å². The monoisotopic (exact) mass is 361 g/mol. The predicted molar refractivity (Wildman–Crippen MR) is 75.5 cm³/mol. The average Bonchev–Trinajstić information content (AvgIpc) is 2.40. The van der Waals surface area contributed by atoms with Crippen LogP contribution in [0.2, 0.25) is 0 Å². The van der Waals surface area contributed by atoms with Crippen LogP contribution in [-0.2, 0) is 12.7 Å². The molecular weight excluding hydrogens is 351 g/mol. The van der Waals surface area contributed by atoms with Crippen molar-refractivity contribution >= 4 is 15.9 Å². The number of hydrogen-bond acceptors (Lipinski definition) is 2. The number of benzene rings is 1. The van der Waals surface area contributed by atoms with Crippen molar-refractivity contribution in [3.8, 4) is 5.75 Å². The second kappa shape index (κ2) is 5.93. The molecule has 2 rings (SSSR count). The first-order chi connectivity index (χ1) is 9.81. The van der Waals surface area contributed by atoms with Gasteiger partial charge in [-0.3, -0.25) is 4.79 Å². The van der Waals surface area contributed by atoms with Gasteiger partial charge in [0.25, 0.3) is 5.56 Å². The van der Waals surface area contributed by atoms with E-state index in [1.807, 2.05) is 0 Å². The average molecular weight is 362 g/mol. The van der Waals surface area contributed by atoms with E-state index in [1.54, 1.807) is 18.2 Å². The van der Waals surface area contributed by atoms with Crippen LogP contribution in [0.4, 0.5) is 13.2 Å². The molecule has 0 saturated heterocycles. The van der Waals surface area contributed by atoms with Crippen LogP contribution in [0.3, 0.4) is 0 Å². The Morgan fingerprint density at radius 3 is 2.57 bits per heavy atom. The number of nitrogens with zero attached hydrogens (tertiary/aromatic N) is 1. The maximum Gasteiger partial charge on any atom is 0.417 e. The summed E-state index contributed by atoms with van der Waals surface area (Å²) in [7, 11) is 1.46. The van der Waals surface area contributed by atoms with Crippen molar-refractivity contribution in [2.45, 2.75) is 12.7 Å². The molecule has 0 saturated carbocycles. The van der Waals surface area contributed by atoms with Gasteiger partial charge in [-0.15, -0.1) is 0 Å². The number of hydrogen-bond donors (Lipinski definition) is 0. The highest BCUT2D eigenvalue weighted by Crippen LogP contribution is 2.29. The molecule has 0 spiro atoms. The Morgan fingerprint density at radius 1 is 1.24 bits per heavy atom. The Labute approximate surface area is 127 Å². The molecule has 0 unspecified atom stereocenters. The zero-order chi connectivity index (χ0) is 15.6. The number of ether oxygens (including phenoxy) is 1. The van der Waals surface area contributed by atoms with Gasteiger partial charge in [0.2, 0.25) is 0 Å². The van der Waals surface area contributed by atoms with Gasteiger partial charge in [-0.1, -0.05) is 15.9 Å². The lowest BCUT2D eigenvalue weighted by Gasteiger charge is -2.13. The molecule has 3 nitrogen and oxygen atoms in total. The fraction of sp³-hybridized carbons (Fsp3) is 0.214. The quantitative estimate of drug-likeness (QED) is 0.834. The molecule has 0 N–H and O–H groups in total. The number of pyridine rings is 1. The molecule has 0 radical (unpaired) electrons. The van der Waals surface area contributed by atoms with E-state index in [0.717, 1.165) is 27.4 Å². The summed E-state index contributed by atoms with van der Waals surface area (Å²) < 4.78 is 45.0. The summed E-state index contributed by atoms with van der Waals surface area (Å²) in [5, 5.41) is 0. The molecule has 0 fully saturated rings. The smallest absolute Gasteiger partial charge is 0.417 e. The van der Waals surface area contributed by atoms with Crippen LogP contribution in [0.25, 0.3) is 0 Å². The molecular formula is C14H11BrF3NO2. The number of aromatic nitrogens is 1. The van der Waals surface area contributed by atoms with Gasteiger partial charge < -0.3 is 9.30 Å². The van der Waals surface area contributed by atoms with E-state index < -0.39 is 17.3 Å². The van der Waals surface area contributed by atoms with Gasteiger partial charge in [-0.25, -0.2) is 0 Å². The minimum Gasteiger partial charge on any atom is -0.496 e. The summed E-state index contributed by atoms with van der Waals surface area (Å²) in [6, 6.07) is 6.81. The van der Waals surface area contributed by atoms with Crippen molar-refractivity contribution < 1.29 is 17.9 Å². The summed E-state index contributed by atoms with van der Waals surface area (Å²) in [6.07, 6.45) is -3.68. The van der Waals surface area contributed by atoms with Crippen molar-refractivity contribution in [2.75, 3.05) is 7.11 Å². The van der Waals surface area contributed by atoms with E-state index in [4.69, 9.17) is 4.74 Å². The molecule has 112 valence electrons. The molecule has 0 bridgehead atoms. The van der Waals surface area contributed by atoms with Gasteiger partial charge in [-0.05, 0) is 24.3 Å². The molecule has 21 heavy (non-hydrogen) atoms. The Bertz CT molecular complexity index is 710. The maximum atomic E-state index is 12.7. The third-order valence-electron chi connectivity index (χ3n) is 2.89. The van der Waals surface area contributed by atoms with Crippen LogP contribution in [0.1, 0.15) is 11.1 Å². The Kier molecular flexibility index (Phi) is 4.41. The maximum absolute atomic E-state index is 12.7. The molecule has 0 atom stereocenters. The van der Waals surface area contributed by atoms with Gasteiger partial charge in [0.15, 0.2) is 0 Å². The second-order valence-corrected chi connectivity index (χ2v) is 5.25. The topological polar surface area (TPSA) is 31.2 Å².